The first-order valence-corrected chi connectivity index (χ1v) is 11.9. The normalized spacial score (nSPS) is 13.8. The zero-order valence-corrected chi connectivity index (χ0v) is 20.4. The maximum Gasteiger partial charge on any atom is 0.205 e. The molecule has 0 aliphatic heterocycles. The van der Waals surface area contributed by atoms with Crippen LogP contribution in [-0.2, 0) is 6.42 Å². The SMILES string of the molecule is COc1c(Cl)c(C)c(C(C)=O)c(OCCNC2CCCC2)c1OCCCc1ccc(F)cc1. The molecule has 0 radical (unpaired) electrons. The standard InChI is InChI=1S/C26H33ClFNO4/c1-17-22(18(2)30)24(33-16-14-29-21-8-4-5-9-21)26(25(31-3)23(17)27)32-15-6-7-19-10-12-20(28)13-11-19/h10-13,21,29H,4-9,14-16H2,1-3H3. The molecule has 1 saturated carbocycles. The fourth-order valence-corrected chi connectivity index (χ4v) is 4.55. The second kappa shape index (κ2) is 12.2. The van der Waals surface area contributed by atoms with Gasteiger partial charge in [0.2, 0.25) is 5.75 Å². The van der Waals surface area contributed by atoms with E-state index in [0.717, 1.165) is 12.0 Å². The minimum atomic E-state index is -0.255. The van der Waals surface area contributed by atoms with Gasteiger partial charge >= 0.3 is 0 Å². The predicted octanol–water partition coefficient (Wildman–Crippen LogP) is 5.92. The van der Waals surface area contributed by atoms with Gasteiger partial charge in [0.05, 0.1) is 24.3 Å². The molecule has 2 aromatic rings. The third kappa shape index (κ3) is 6.61. The number of carbonyl (C=O) groups excluding carboxylic acids is 1. The van der Waals surface area contributed by atoms with Gasteiger partial charge in [0.15, 0.2) is 17.3 Å². The van der Waals surface area contributed by atoms with Crippen LogP contribution < -0.4 is 19.5 Å². The first kappa shape index (κ1) is 25.3. The van der Waals surface area contributed by atoms with Gasteiger partial charge in [0, 0.05) is 12.6 Å². The molecule has 33 heavy (non-hydrogen) atoms. The lowest BCUT2D eigenvalue weighted by molar-refractivity contribution is 0.101. The maximum absolute atomic E-state index is 13.1. The zero-order valence-electron chi connectivity index (χ0n) is 19.6. The molecule has 0 unspecified atom stereocenters. The first-order chi connectivity index (χ1) is 15.9. The topological polar surface area (TPSA) is 56.8 Å². The summed E-state index contributed by atoms with van der Waals surface area (Å²) in [6.07, 6.45) is 6.32. The van der Waals surface area contributed by atoms with E-state index in [2.05, 4.69) is 5.32 Å². The number of rotatable bonds is 12. The van der Waals surface area contributed by atoms with Crippen molar-refractivity contribution in [3.8, 4) is 17.2 Å². The van der Waals surface area contributed by atoms with Crippen LogP contribution in [0.4, 0.5) is 4.39 Å². The second-order valence-electron chi connectivity index (χ2n) is 8.42. The average molecular weight is 478 g/mol. The Morgan fingerprint density at radius 3 is 2.39 bits per heavy atom. The lowest BCUT2D eigenvalue weighted by Crippen LogP contribution is -2.30. The number of hydrogen-bond donors (Lipinski definition) is 1. The molecule has 2 aromatic carbocycles. The fraction of sp³-hybridized carbons (Fsp3) is 0.500. The van der Waals surface area contributed by atoms with Crippen molar-refractivity contribution in [1.29, 1.82) is 0 Å². The molecule has 5 nitrogen and oxygen atoms in total. The van der Waals surface area contributed by atoms with E-state index in [0.29, 0.717) is 65.6 Å². The van der Waals surface area contributed by atoms with Crippen molar-refractivity contribution in [2.75, 3.05) is 26.9 Å². The summed E-state index contributed by atoms with van der Waals surface area (Å²) in [4.78, 5) is 12.5. The van der Waals surface area contributed by atoms with Crippen LogP contribution in [0.15, 0.2) is 24.3 Å². The van der Waals surface area contributed by atoms with Gasteiger partial charge in [-0.2, -0.15) is 0 Å². The molecule has 0 atom stereocenters. The summed E-state index contributed by atoms with van der Waals surface area (Å²) in [5.74, 6) is 0.677. The van der Waals surface area contributed by atoms with Crippen molar-refractivity contribution >= 4 is 17.4 Å². The summed E-state index contributed by atoms with van der Waals surface area (Å²) in [6, 6.07) is 6.95. The number of Topliss-reactive ketones (excluding diaryl/α,β-unsaturated/α-hetero) is 1. The molecular formula is C26H33ClFNO4. The third-order valence-electron chi connectivity index (χ3n) is 6.01. The predicted molar refractivity (Wildman–Crippen MR) is 129 cm³/mol. The summed E-state index contributed by atoms with van der Waals surface area (Å²) in [5.41, 5.74) is 2.04. The number of ketones is 1. The summed E-state index contributed by atoms with van der Waals surface area (Å²) >= 11 is 6.53. The molecule has 1 fully saturated rings. The monoisotopic (exact) mass is 477 g/mol. The maximum atomic E-state index is 13.1. The molecular weight excluding hydrogens is 445 g/mol. The van der Waals surface area contributed by atoms with Gasteiger partial charge in [-0.05, 0) is 62.8 Å². The number of hydrogen-bond acceptors (Lipinski definition) is 5. The van der Waals surface area contributed by atoms with Crippen LogP contribution in [0.25, 0.3) is 0 Å². The summed E-state index contributed by atoms with van der Waals surface area (Å²) in [5, 5.41) is 3.85. The Morgan fingerprint density at radius 2 is 1.76 bits per heavy atom. The molecule has 0 amide bonds. The van der Waals surface area contributed by atoms with Gasteiger partial charge in [-0.3, -0.25) is 4.79 Å². The lowest BCUT2D eigenvalue weighted by atomic mass is 10.0. The number of ether oxygens (including phenoxy) is 3. The lowest BCUT2D eigenvalue weighted by Gasteiger charge is -2.22. The van der Waals surface area contributed by atoms with Gasteiger partial charge in [-0.15, -0.1) is 0 Å². The Morgan fingerprint density at radius 1 is 1.09 bits per heavy atom. The second-order valence-corrected chi connectivity index (χ2v) is 8.80. The number of methoxy groups -OCH3 is 1. The summed E-state index contributed by atoms with van der Waals surface area (Å²) < 4.78 is 30.8. The highest BCUT2D eigenvalue weighted by Crippen LogP contribution is 2.48. The molecule has 180 valence electrons. The number of benzene rings is 2. The van der Waals surface area contributed by atoms with Gasteiger partial charge in [-0.1, -0.05) is 36.6 Å². The van der Waals surface area contributed by atoms with Crippen LogP contribution in [0.2, 0.25) is 5.02 Å². The van der Waals surface area contributed by atoms with Crippen LogP contribution >= 0.6 is 11.6 Å². The molecule has 1 aliphatic carbocycles. The van der Waals surface area contributed by atoms with Crippen molar-refractivity contribution in [3.05, 3.63) is 51.8 Å². The van der Waals surface area contributed by atoms with Crippen LogP contribution in [0.1, 0.15) is 60.5 Å². The van der Waals surface area contributed by atoms with E-state index >= 15 is 0 Å². The number of carbonyl (C=O) groups is 1. The van der Waals surface area contributed by atoms with Crippen LogP contribution in [0, 0.1) is 12.7 Å². The van der Waals surface area contributed by atoms with Crippen molar-refractivity contribution < 1.29 is 23.4 Å². The summed E-state index contributed by atoms with van der Waals surface area (Å²) in [6.45, 7) is 4.71. The van der Waals surface area contributed by atoms with E-state index in [1.54, 1.807) is 19.1 Å². The first-order valence-electron chi connectivity index (χ1n) is 11.6. The molecule has 0 aromatic heterocycles. The number of halogens is 2. The molecule has 0 heterocycles. The Hall–Kier alpha value is -2.31. The van der Waals surface area contributed by atoms with Gasteiger partial charge in [0.25, 0.3) is 0 Å². The Bertz CT molecular complexity index is 943. The molecule has 3 rings (SSSR count). The number of aryl methyl sites for hydroxylation is 1. The van der Waals surface area contributed by atoms with Crippen molar-refractivity contribution in [2.24, 2.45) is 0 Å². The number of nitrogens with one attached hydrogen (secondary N) is 1. The van der Waals surface area contributed by atoms with E-state index in [9.17, 15) is 9.18 Å². The molecule has 7 heteroatoms. The van der Waals surface area contributed by atoms with Gasteiger partial charge in [0.1, 0.15) is 12.4 Å². The van der Waals surface area contributed by atoms with Crippen molar-refractivity contribution in [1.82, 2.24) is 5.32 Å². The highest BCUT2D eigenvalue weighted by Gasteiger charge is 2.27. The summed E-state index contributed by atoms with van der Waals surface area (Å²) in [7, 11) is 1.52. The Labute approximate surface area is 200 Å². The highest BCUT2D eigenvalue weighted by atomic mass is 35.5. The average Bonchev–Trinajstić information content (AvgIpc) is 3.31. The Balaban J connectivity index is 1.74. The van der Waals surface area contributed by atoms with E-state index in [4.69, 9.17) is 25.8 Å². The fourth-order valence-electron chi connectivity index (χ4n) is 4.29. The molecule has 0 bridgehead atoms. The third-order valence-corrected chi connectivity index (χ3v) is 6.46. The molecule has 1 N–H and O–H groups in total. The van der Waals surface area contributed by atoms with Gasteiger partial charge < -0.3 is 19.5 Å². The minimum Gasteiger partial charge on any atom is -0.491 e. The van der Waals surface area contributed by atoms with Crippen LogP contribution in [0.3, 0.4) is 0 Å². The van der Waals surface area contributed by atoms with Gasteiger partial charge in [-0.25, -0.2) is 4.39 Å². The van der Waals surface area contributed by atoms with E-state index < -0.39 is 0 Å². The molecule has 0 saturated heterocycles. The van der Waals surface area contributed by atoms with Crippen LogP contribution in [-0.4, -0.2) is 38.7 Å². The largest absolute Gasteiger partial charge is 0.491 e. The van der Waals surface area contributed by atoms with Crippen molar-refractivity contribution in [2.45, 2.75) is 58.4 Å². The minimum absolute atomic E-state index is 0.146. The van der Waals surface area contributed by atoms with E-state index in [1.807, 2.05) is 0 Å². The molecule has 1 aliphatic rings. The van der Waals surface area contributed by atoms with E-state index in [-0.39, 0.29) is 11.6 Å². The van der Waals surface area contributed by atoms with E-state index in [1.165, 1.54) is 51.8 Å². The quantitative estimate of drug-likeness (QED) is 0.303. The van der Waals surface area contributed by atoms with Crippen molar-refractivity contribution in [3.63, 3.8) is 0 Å². The Kier molecular flexibility index (Phi) is 9.39. The highest BCUT2D eigenvalue weighted by molar-refractivity contribution is 6.34. The van der Waals surface area contributed by atoms with Crippen LogP contribution in [0.5, 0.6) is 17.2 Å². The smallest absolute Gasteiger partial charge is 0.205 e. The molecule has 0 spiro atoms. The zero-order chi connectivity index (χ0) is 23.8.